The van der Waals surface area contributed by atoms with Gasteiger partial charge in [-0.15, -0.1) is 0 Å². The molecule has 0 spiro atoms. The van der Waals surface area contributed by atoms with Crippen LogP contribution < -0.4 is 5.32 Å². The van der Waals surface area contributed by atoms with Crippen molar-refractivity contribution in [3.63, 3.8) is 0 Å². The summed E-state index contributed by atoms with van der Waals surface area (Å²) in [5.74, 6) is -1.82. The average molecular weight is 304 g/mol. The summed E-state index contributed by atoms with van der Waals surface area (Å²) >= 11 is 3.10. The number of carbonyl (C=O) groups excluding carboxylic acids is 2. The number of amides is 1. The third kappa shape index (κ3) is 4.52. The van der Waals surface area contributed by atoms with E-state index in [0.29, 0.717) is 4.47 Å². The Labute approximate surface area is 106 Å². The second-order valence-electron chi connectivity index (χ2n) is 3.15. The normalized spacial score (nSPS) is 9.82. The summed E-state index contributed by atoms with van der Waals surface area (Å²) < 4.78 is 18.5. The molecule has 0 saturated heterocycles. The van der Waals surface area contributed by atoms with Gasteiger partial charge >= 0.3 is 5.97 Å². The summed E-state index contributed by atoms with van der Waals surface area (Å²) in [4.78, 5) is 22.3. The highest BCUT2D eigenvalue weighted by Gasteiger charge is 2.12. The van der Waals surface area contributed by atoms with E-state index in [-0.39, 0.29) is 12.3 Å². The maximum absolute atomic E-state index is 13.3. The second kappa shape index (κ2) is 6.34. The zero-order valence-corrected chi connectivity index (χ0v) is 10.7. The van der Waals surface area contributed by atoms with Gasteiger partial charge in [-0.2, -0.15) is 0 Å². The molecular weight excluding hydrogens is 293 g/mol. The minimum absolute atomic E-state index is 0.0301. The first-order chi connectivity index (χ1) is 8.02. The number of esters is 1. The molecule has 1 rings (SSSR count). The topological polar surface area (TPSA) is 55.4 Å². The van der Waals surface area contributed by atoms with Crippen molar-refractivity contribution in [2.75, 3.05) is 11.9 Å². The van der Waals surface area contributed by atoms with Gasteiger partial charge in [0.15, 0.2) is 0 Å². The summed E-state index contributed by atoms with van der Waals surface area (Å²) in [7, 11) is 0. The summed E-state index contributed by atoms with van der Waals surface area (Å²) in [5, 5.41) is 2.29. The monoisotopic (exact) mass is 303 g/mol. The molecule has 92 valence electrons. The number of halogens is 2. The summed E-state index contributed by atoms with van der Waals surface area (Å²) in [6.45, 7) is 1.85. The van der Waals surface area contributed by atoms with Crippen molar-refractivity contribution in [2.24, 2.45) is 0 Å². The largest absolute Gasteiger partial charge is 0.466 e. The van der Waals surface area contributed by atoms with Gasteiger partial charge in [-0.25, -0.2) is 4.39 Å². The van der Waals surface area contributed by atoms with Crippen molar-refractivity contribution >= 4 is 33.5 Å². The molecule has 1 aromatic rings. The first-order valence-electron chi connectivity index (χ1n) is 4.93. The third-order valence-corrected chi connectivity index (χ3v) is 2.31. The first-order valence-corrected chi connectivity index (χ1v) is 5.72. The number of hydrogen-bond donors (Lipinski definition) is 1. The number of carbonyl (C=O) groups is 2. The molecule has 6 heteroatoms. The fraction of sp³-hybridized carbons (Fsp3) is 0.273. The predicted molar refractivity (Wildman–Crippen MR) is 64.0 cm³/mol. The van der Waals surface area contributed by atoms with Crippen LogP contribution in [0.1, 0.15) is 13.3 Å². The molecule has 0 aliphatic heterocycles. The van der Waals surface area contributed by atoms with Crippen LogP contribution in [0.25, 0.3) is 0 Å². The van der Waals surface area contributed by atoms with Crippen molar-refractivity contribution in [3.05, 3.63) is 28.5 Å². The molecule has 0 aliphatic carbocycles. The van der Waals surface area contributed by atoms with Crippen LogP contribution in [-0.2, 0) is 14.3 Å². The fourth-order valence-electron chi connectivity index (χ4n) is 1.13. The number of benzene rings is 1. The van der Waals surface area contributed by atoms with Crippen LogP contribution in [0.5, 0.6) is 0 Å². The van der Waals surface area contributed by atoms with Crippen LogP contribution in [0.3, 0.4) is 0 Å². The lowest BCUT2D eigenvalue weighted by Gasteiger charge is -2.06. The lowest BCUT2D eigenvalue weighted by molar-refractivity contribution is -0.145. The van der Waals surface area contributed by atoms with Crippen molar-refractivity contribution in [1.82, 2.24) is 0 Å². The molecule has 1 amide bonds. The van der Waals surface area contributed by atoms with E-state index >= 15 is 0 Å². The molecule has 4 nitrogen and oxygen atoms in total. The Hall–Kier alpha value is -1.43. The highest BCUT2D eigenvalue weighted by Crippen LogP contribution is 2.19. The minimum atomic E-state index is -0.637. The molecule has 0 heterocycles. The number of anilines is 1. The molecule has 1 aromatic carbocycles. The fourth-order valence-corrected chi connectivity index (χ4v) is 1.46. The van der Waals surface area contributed by atoms with E-state index in [0.717, 1.165) is 0 Å². The lowest BCUT2D eigenvalue weighted by Crippen LogP contribution is -2.18. The van der Waals surface area contributed by atoms with E-state index in [4.69, 9.17) is 0 Å². The van der Waals surface area contributed by atoms with E-state index in [2.05, 4.69) is 26.0 Å². The number of ether oxygens (including phenoxy) is 1. The Morgan fingerprint density at radius 2 is 2.18 bits per heavy atom. The van der Waals surface area contributed by atoms with Gasteiger partial charge in [-0.05, 0) is 25.1 Å². The van der Waals surface area contributed by atoms with E-state index in [1.807, 2.05) is 0 Å². The highest BCUT2D eigenvalue weighted by atomic mass is 79.9. The smallest absolute Gasteiger partial charge is 0.315 e. The van der Waals surface area contributed by atoms with Gasteiger partial charge < -0.3 is 10.1 Å². The van der Waals surface area contributed by atoms with Gasteiger partial charge in [0.1, 0.15) is 12.2 Å². The van der Waals surface area contributed by atoms with Crippen LogP contribution in [0, 0.1) is 5.82 Å². The highest BCUT2D eigenvalue weighted by molar-refractivity contribution is 9.10. The summed E-state index contributed by atoms with van der Waals surface area (Å²) in [5.41, 5.74) is 0.0301. The lowest BCUT2D eigenvalue weighted by atomic mass is 10.3. The third-order valence-electron chi connectivity index (χ3n) is 1.82. The van der Waals surface area contributed by atoms with E-state index in [1.54, 1.807) is 13.0 Å². The molecule has 0 atom stereocenters. The SMILES string of the molecule is CCOC(=O)CC(=O)Nc1ccc(Br)cc1F. The zero-order chi connectivity index (χ0) is 12.8. The maximum atomic E-state index is 13.3. The standard InChI is InChI=1S/C11H11BrFNO3/c1-2-17-11(16)6-10(15)14-9-4-3-7(12)5-8(9)13/h3-5H,2,6H2,1H3,(H,14,15). The molecule has 0 bridgehead atoms. The van der Waals surface area contributed by atoms with Gasteiger partial charge in [0.2, 0.25) is 5.91 Å². The van der Waals surface area contributed by atoms with Gasteiger partial charge in [-0.1, -0.05) is 15.9 Å². The molecule has 17 heavy (non-hydrogen) atoms. The van der Waals surface area contributed by atoms with Crippen molar-refractivity contribution in [1.29, 1.82) is 0 Å². The Kier molecular flexibility index (Phi) is 5.09. The summed E-state index contributed by atoms with van der Waals surface area (Å²) in [6.07, 6.45) is -0.427. The van der Waals surface area contributed by atoms with Crippen LogP contribution in [0.4, 0.5) is 10.1 Å². The zero-order valence-electron chi connectivity index (χ0n) is 9.13. The van der Waals surface area contributed by atoms with Crippen molar-refractivity contribution in [2.45, 2.75) is 13.3 Å². The predicted octanol–water partition coefficient (Wildman–Crippen LogP) is 2.48. The molecule has 0 radical (unpaired) electrons. The second-order valence-corrected chi connectivity index (χ2v) is 4.07. The molecule has 0 aliphatic rings. The maximum Gasteiger partial charge on any atom is 0.315 e. The Bertz CT molecular complexity index is 437. The first kappa shape index (κ1) is 13.6. The van der Waals surface area contributed by atoms with Gasteiger partial charge in [0.25, 0.3) is 0 Å². The number of rotatable bonds is 4. The number of hydrogen-bond acceptors (Lipinski definition) is 3. The average Bonchev–Trinajstić information content (AvgIpc) is 2.22. The van der Waals surface area contributed by atoms with E-state index in [1.165, 1.54) is 12.1 Å². The van der Waals surface area contributed by atoms with Crippen LogP contribution >= 0.6 is 15.9 Å². The Morgan fingerprint density at radius 1 is 1.47 bits per heavy atom. The van der Waals surface area contributed by atoms with Gasteiger partial charge in [0.05, 0.1) is 12.3 Å². The molecule has 0 unspecified atom stereocenters. The van der Waals surface area contributed by atoms with E-state index in [9.17, 15) is 14.0 Å². The van der Waals surface area contributed by atoms with E-state index < -0.39 is 24.1 Å². The van der Waals surface area contributed by atoms with Crippen molar-refractivity contribution in [3.8, 4) is 0 Å². The molecule has 0 aromatic heterocycles. The van der Waals surface area contributed by atoms with Crippen LogP contribution in [0.15, 0.2) is 22.7 Å². The molecule has 1 N–H and O–H groups in total. The Balaban J connectivity index is 2.59. The molecule has 0 saturated carbocycles. The molecule has 0 fully saturated rings. The summed E-state index contributed by atoms with van der Waals surface area (Å²) in [6, 6.07) is 4.21. The number of nitrogens with one attached hydrogen (secondary N) is 1. The quantitative estimate of drug-likeness (QED) is 0.687. The molecular formula is C11H11BrFNO3. The Morgan fingerprint density at radius 3 is 2.76 bits per heavy atom. The van der Waals surface area contributed by atoms with Gasteiger partial charge in [0, 0.05) is 4.47 Å². The van der Waals surface area contributed by atoms with Crippen LogP contribution in [-0.4, -0.2) is 18.5 Å². The minimum Gasteiger partial charge on any atom is -0.466 e. The van der Waals surface area contributed by atoms with Crippen molar-refractivity contribution < 1.29 is 18.7 Å². The van der Waals surface area contributed by atoms with Crippen LogP contribution in [0.2, 0.25) is 0 Å². The van der Waals surface area contributed by atoms with Gasteiger partial charge in [-0.3, -0.25) is 9.59 Å².